The molecule has 0 aliphatic heterocycles. The third kappa shape index (κ3) is 4.60. The number of hydrogen-bond donors (Lipinski definition) is 2. The summed E-state index contributed by atoms with van der Waals surface area (Å²) in [4.78, 5) is 43.6. The van der Waals surface area contributed by atoms with Crippen molar-refractivity contribution in [2.45, 2.75) is 6.92 Å². The maximum Gasteiger partial charge on any atom is 0.411 e. The number of carbonyl (C=O) groups is 2. The summed E-state index contributed by atoms with van der Waals surface area (Å²) in [6.45, 7) is 1.63. The van der Waals surface area contributed by atoms with Gasteiger partial charge in [-0.2, -0.15) is 0 Å². The Morgan fingerprint density at radius 3 is 2.65 bits per heavy atom. The number of nitrogens with one attached hydrogen (secondary N) is 2. The van der Waals surface area contributed by atoms with Crippen LogP contribution < -0.4 is 15.5 Å². The number of halogens is 2. The van der Waals surface area contributed by atoms with Crippen molar-refractivity contribution in [2.75, 3.05) is 11.9 Å². The molecule has 0 bridgehead atoms. The van der Waals surface area contributed by atoms with Gasteiger partial charge in [-0.05, 0) is 31.2 Å². The molecule has 2 heterocycles. The van der Waals surface area contributed by atoms with E-state index in [1.807, 2.05) is 0 Å². The molecular weight excluding hydrogens is 448 g/mol. The molecule has 172 valence electrons. The number of pyridine rings is 2. The van der Waals surface area contributed by atoms with Crippen LogP contribution in [0.25, 0.3) is 22.2 Å². The second-order valence-corrected chi connectivity index (χ2v) is 7.01. The molecule has 4 rings (SSSR count). The minimum absolute atomic E-state index is 0.0301. The van der Waals surface area contributed by atoms with E-state index in [2.05, 4.69) is 15.3 Å². The van der Waals surface area contributed by atoms with Gasteiger partial charge in [-0.1, -0.05) is 6.07 Å². The molecule has 34 heavy (non-hydrogen) atoms. The van der Waals surface area contributed by atoms with Crippen LogP contribution in [-0.2, 0) is 4.74 Å². The number of aromatic amines is 1. The first kappa shape index (κ1) is 22.6. The van der Waals surface area contributed by atoms with Crippen molar-refractivity contribution in [1.29, 1.82) is 0 Å². The number of H-pyrrole nitrogens is 1. The lowest BCUT2D eigenvalue weighted by atomic mass is 10.1. The Morgan fingerprint density at radius 2 is 1.91 bits per heavy atom. The number of hydrogen-bond acceptors (Lipinski definition) is 6. The van der Waals surface area contributed by atoms with Crippen molar-refractivity contribution in [2.24, 2.45) is 0 Å². The Labute approximate surface area is 191 Å². The van der Waals surface area contributed by atoms with Gasteiger partial charge in [0.2, 0.25) is 0 Å². The molecular formula is C24H17F2N3O5. The first-order valence-electron chi connectivity index (χ1n) is 10.1. The largest absolute Gasteiger partial charge is 0.450 e. The number of benzene rings is 2. The van der Waals surface area contributed by atoms with Gasteiger partial charge in [0, 0.05) is 30.6 Å². The quantitative estimate of drug-likeness (QED) is 0.328. The van der Waals surface area contributed by atoms with Crippen LogP contribution in [0.15, 0.2) is 65.7 Å². The Bertz CT molecular complexity index is 1450. The van der Waals surface area contributed by atoms with Gasteiger partial charge < -0.3 is 14.5 Å². The molecule has 8 nitrogen and oxygen atoms in total. The second kappa shape index (κ2) is 9.49. The summed E-state index contributed by atoms with van der Waals surface area (Å²) in [6, 6.07) is 10.1. The van der Waals surface area contributed by atoms with Crippen molar-refractivity contribution < 1.29 is 27.8 Å². The SMILES string of the molecule is CCOC(=O)Nc1cc(OC(=O)c2cccnc2)cc(F)c1-c1cc(=O)c2c(F)cccc2[nH]1. The summed E-state index contributed by atoms with van der Waals surface area (Å²) < 4.78 is 39.5. The smallest absolute Gasteiger partial charge is 0.411 e. The highest BCUT2D eigenvalue weighted by atomic mass is 19.1. The van der Waals surface area contributed by atoms with Gasteiger partial charge in [0.1, 0.15) is 17.4 Å². The zero-order valence-corrected chi connectivity index (χ0v) is 17.7. The van der Waals surface area contributed by atoms with Crippen LogP contribution in [0.5, 0.6) is 5.75 Å². The zero-order chi connectivity index (χ0) is 24.2. The fourth-order valence-electron chi connectivity index (χ4n) is 3.34. The van der Waals surface area contributed by atoms with Gasteiger partial charge in [0.05, 0.1) is 40.0 Å². The standard InChI is InChI=1S/C24H17F2N3O5/c1-2-33-24(32)29-18-10-14(34-23(31)13-5-4-8-27-12-13)9-16(26)21(18)19-11-20(30)22-15(25)6-3-7-17(22)28-19/h3-12H,2H2,1H3,(H,28,30)(H,29,32). The molecule has 2 N–H and O–H groups in total. The summed E-state index contributed by atoms with van der Waals surface area (Å²) in [7, 11) is 0. The molecule has 0 aliphatic carbocycles. The molecule has 0 saturated heterocycles. The third-order valence-electron chi connectivity index (χ3n) is 4.76. The Balaban J connectivity index is 1.82. The second-order valence-electron chi connectivity index (χ2n) is 7.01. The van der Waals surface area contributed by atoms with E-state index in [1.165, 1.54) is 42.7 Å². The number of carbonyl (C=O) groups excluding carboxylic acids is 2. The maximum atomic E-state index is 15.3. The topological polar surface area (TPSA) is 110 Å². The number of ether oxygens (including phenoxy) is 2. The number of esters is 1. The molecule has 0 saturated carbocycles. The van der Waals surface area contributed by atoms with Crippen molar-refractivity contribution in [1.82, 2.24) is 9.97 Å². The number of nitrogens with zero attached hydrogens (tertiary/aromatic N) is 1. The average Bonchev–Trinajstić information content (AvgIpc) is 2.79. The monoisotopic (exact) mass is 465 g/mol. The van der Waals surface area contributed by atoms with E-state index in [4.69, 9.17) is 9.47 Å². The van der Waals surface area contributed by atoms with Gasteiger partial charge in [0.25, 0.3) is 0 Å². The molecule has 0 atom stereocenters. The molecule has 2 aromatic carbocycles. The van der Waals surface area contributed by atoms with Crippen molar-refractivity contribution in [3.63, 3.8) is 0 Å². The summed E-state index contributed by atoms with van der Waals surface area (Å²) in [5.41, 5.74) is -0.798. The summed E-state index contributed by atoms with van der Waals surface area (Å²) in [5, 5.41) is 2.20. The highest BCUT2D eigenvalue weighted by molar-refractivity contribution is 5.94. The van der Waals surface area contributed by atoms with Crippen LogP contribution in [0, 0.1) is 11.6 Å². The highest BCUT2D eigenvalue weighted by Crippen LogP contribution is 2.34. The van der Waals surface area contributed by atoms with Gasteiger partial charge in [-0.15, -0.1) is 0 Å². The lowest BCUT2D eigenvalue weighted by Crippen LogP contribution is -2.16. The average molecular weight is 465 g/mol. The number of anilines is 1. The molecule has 10 heteroatoms. The summed E-state index contributed by atoms with van der Waals surface area (Å²) in [5.74, 6) is -2.66. The Hall–Kier alpha value is -4.60. The Morgan fingerprint density at radius 1 is 1.09 bits per heavy atom. The van der Waals surface area contributed by atoms with E-state index in [0.29, 0.717) is 0 Å². The summed E-state index contributed by atoms with van der Waals surface area (Å²) >= 11 is 0. The van der Waals surface area contributed by atoms with Crippen LogP contribution in [0.1, 0.15) is 17.3 Å². The van der Waals surface area contributed by atoms with Crippen LogP contribution in [-0.4, -0.2) is 28.6 Å². The van der Waals surface area contributed by atoms with E-state index in [9.17, 15) is 18.8 Å². The lowest BCUT2D eigenvalue weighted by molar-refractivity contribution is 0.0734. The molecule has 0 fully saturated rings. The number of aromatic nitrogens is 2. The lowest BCUT2D eigenvalue weighted by Gasteiger charge is -2.15. The normalized spacial score (nSPS) is 10.7. The van der Waals surface area contributed by atoms with Gasteiger partial charge >= 0.3 is 12.1 Å². The molecule has 0 spiro atoms. The van der Waals surface area contributed by atoms with E-state index in [-0.39, 0.29) is 45.8 Å². The highest BCUT2D eigenvalue weighted by Gasteiger charge is 2.20. The van der Waals surface area contributed by atoms with Crippen molar-refractivity contribution in [3.8, 4) is 17.0 Å². The predicted molar refractivity (Wildman–Crippen MR) is 120 cm³/mol. The fourth-order valence-corrected chi connectivity index (χ4v) is 3.34. The van der Waals surface area contributed by atoms with Crippen LogP contribution in [0.4, 0.5) is 19.3 Å². The molecule has 0 radical (unpaired) electrons. The third-order valence-corrected chi connectivity index (χ3v) is 4.76. The first-order chi connectivity index (χ1) is 16.4. The zero-order valence-electron chi connectivity index (χ0n) is 17.7. The molecule has 4 aromatic rings. The molecule has 2 aromatic heterocycles. The maximum absolute atomic E-state index is 15.3. The van der Waals surface area contributed by atoms with Gasteiger partial charge in [-0.25, -0.2) is 18.4 Å². The van der Waals surface area contributed by atoms with Gasteiger partial charge in [-0.3, -0.25) is 15.1 Å². The van der Waals surface area contributed by atoms with E-state index in [1.54, 1.807) is 6.92 Å². The van der Waals surface area contributed by atoms with Crippen LogP contribution in [0.2, 0.25) is 0 Å². The van der Waals surface area contributed by atoms with E-state index in [0.717, 1.165) is 18.2 Å². The molecule has 0 unspecified atom stereocenters. The number of rotatable bonds is 5. The minimum atomic E-state index is -0.922. The van der Waals surface area contributed by atoms with E-state index >= 15 is 4.39 Å². The van der Waals surface area contributed by atoms with E-state index < -0.39 is 29.1 Å². The van der Waals surface area contributed by atoms with Crippen LogP contribution in [0.3, 0.4) is 0 Å². The first-order valence-corrected chi connectivity index (χ1v) is 10.1. The molecule has 0 aliphatic rings. The fraction of sp³-hybridized carbons (Fsp3) is 0.0833. The molecule has 1 amide bonds. The summed E-state index contributed by atoms with van der Waals surface area (Å²) in [6.07, 6.45) is 1.86. The predicted octanol–water partition coefficient (Wildman–Crippen LogP) is 4.66. The Kier molecular flexibility index (Phi) is 6.30. The number of fused-ring (bicyclic) bond motifs is 1. The number of amides is 1. The van der Waals surface area contributed by atoms with Crippen molar-refractivity contribution >= 4 is 28.7 Å². The van der Waals surface area contributed by atoms with Gasteiger partial charge in [0.15, 0.2) is 5.43 Å². The minimum Gasteiger partial charge on any atom is -0.450 e. The van der Waals surface area contributed by atoms with Crippen LogP contribution >= 0.6 is 0 Å². The van der Waals surface area contributed by atoms with Crippen molar-refractivity contribution in [3.05, 3.63) is 88.3 Å².